The van der Waals surface area contributed by atoms with Gasteiger partial charge in [-0.1, -0.05) is 13.3 Å². The molecule has 1 aromatic carbocycles. The van der Waals surface area contributed by atoms with Crippen molar-refractivity contribution in [1.29, 1.82) is 0 Å². The van der Waals surface area contributed by atoms with Crippen LogP contribution in [0.2, 0.25) is 0 Å². The Morgan fingerprint density at radius 3 is 2.71 bits per heavy atom. The van der Waals surface area contributed by atoms with Crippen molar-refractivity contribution in [1.82, 2.24) is 10.3 Å². The summed E-state index contributed by atoms with van der Waals surface area (Å²) in [6, 6.07) is 9.18. The van der Waals surface area contributed by atoms with E-state index in [1.807, 2.05) is 6.92 Å². The van der Waals surface area contributed by atoms with Gasteiger partial charge in [0.05, 0.1) is 5.54 Å². The number of rotatable bonds is 7. The molecule has 0 radical (unpaired) electrons. The molecule has 5 nitrogen and oxygen atoms in total. The zero-order valence-corrected chi connectivity index (χ0v) is 13.9. The van der Waals surface area contributed by atoms with Crippen molar-refractivity contribution in [3.8, 4) is 11.6 Å². The number of nitrogens with zero attached hydrogens (tertiary/aromatic N) is 1. The lowest BCUT2D eigenvalue weighted by molar-refractivity contribution is -0.126. The molecule has 24 heavy (non-hydrogen) atoms. The van der Waals surface area contributed by atoms with Gasteiger partial charge in [-0.25, -0.2) is 9.37 Å². The monoisotopic (exact) mass is 331 g/mol. The van der Waals surface area contributed by atoms with Crippen LogP contribution in [0.15, 0.2) is 42.6 Å². The number of hydrogen-bond donors (Lipinski definition) is 2. The number of nitrogens with one attached hydrogen (secondary N) is 1. The Morgan fingerprint density at radius 2 is 2.04 bits per heavy atom. The SMILES string of the molecule is CCCC(C)(N)C(=O)NCc1ccnc(Oc2ccc(F)cc2)c1. The highest BCUT2D eigenvalue weighted by molar-refractivity contribution is 5.85. The van der Waals surface area contributed by atoms with Crippen LogP contribution in [0.4, 0.5) is 4.39 Å². The Kier molecular flexibility index (Phi) is 5.87. The zero-order chi connectivity index (χ0) is 17.6. The summed E-state index contributed by atoms with van der Waals surface area (Å²) in [4.78, 5) is 16.2. The van der Waals surface area contributed by atoms with Crippen LogP contribution in [-0.4, -0.2) is 16.4 Å². The Bertz CT molecular complexity index is 687. The van der Waals surface area contributed by atoms with Gasteiger partial charge in [0.2, 0.25) is 11.8 Å². The molecule has 2 aromatic rings. The van der Waals surface area contributed by atoms with E-state index in [4.69, 9.17) is 10.5 Å². The molecule has 1 unspecified atom stereocenters. The molecule has 0 saturated heterocycles. The summed E-state index contributed by atoms with van der Waals surface area (Å²) < 4.78 is 18.5. The van der Waals surface area contributed by atoms with Crippen LogP contribution >= 0.6 is 0 Å². The Balaban J connectivity index is 1.97. The molecule has 6 heteroatoms. The van der Waals surface area contributed by atoms with Crippen molar-refractivity contribution >= 4 is 5.91 Å². The van der Waals surface area contributed by atoms with Crippen LogP contribution in [-0.2, 0) is 11.3 Å². The fraction of sp³-hybridized carbons (Fsp3) is 0.333. The second kappa shape index (κ2) is 7.88. The Hall–Kier alpha value is -2.47. The predicted molar refractivity (Wildman–Crippen MR) is 90.1 cm³/mol. The quantitative estimate of drug-likeness (QED) is 0.817. The van der Waals surface area contributed by atoms with Crippen LogP contribution in [0.3, 0.4) is 0 Å². The zero-order valence-electron chi connectivity index (χ0n) is 13.9. The first-order chi connectivity index (χ1) is 11.4. The Morgan fingerprint density at radius 1 is 1.33 bits per heavy atom. The van der Waals surface area contributed by atoms with Crippen LogP contribution < -0.4 is 15.8 Å². The molecule has 0 saturated carbocycles. The first kappa shape index (κ1) is 17.9. The van der Waals surface area contributed by atoms with Crippen LogP contribution in [0.25, 0.3) is 0 Å². The van der Waals surface area contributed by atoms with Crippen molar-refractivity contribution in [2.45, 2.75) is 38.8 Å². The number of pyridine rings is 1. The third-order valence-corrected chi connectivity index (χ3v) is 3.58. The summed E-state index contributed by atoms with van der Waals surface area (Å²) in [5.74, 6) is 0.339. The molecule has 1 atom stereocenters. The standard InChI is InChI=1S/C18H22FN3O2/c1-3-9-18(2,20)17(23)22-12-13-8-10-21-16(11-13)24-15-6-4-14(19)5-7-15/h4-8,10-11H,3,9,12,20H2,1-2H3,(H,22,23). The Labute approximate surface area is 141 Å². The summed E-state index contributed by atoms with van der Waals surface area (Å²) in [5, 5.41) is 2.83. The third-order valence-electron chi connectivity index (χ3n) is 3.58. The predicted octanol–water partition coefficient (Wildman–Crippen LogP) is 3.15. The third kappa shape index (κ3) is 5.03. The highest BCUT2D eigenvalue weighted by Crippen LogP contribution is 2.20. The van der Waals surface area contributed by atoms with E-state index < -0.39 is 5.54 Å². The van der Waals surface area contributed by atoms with E-state index in [0.29, 0.717) is 24.6 Å². The van der Waals surface area contributed by atoms with E-state index >= 15 is 0 Å². The van der Waals surface area contributed by atoms with Crippen molar-refractivity contribution in [2.24, 2.45) is 5.73 Å². The van der Waals surface area contributed by atoms with Gasteiger partial charge in [0.25, 0.3) is 0 Å². The largest absolute Gasteiger partial charge is 0.439 e. The second-order valence-electron chi connectivity index (χ2n) is 5.91. The maximum atomic E-state index is 12.9. The maximum absolute atomic E-state index is 12.9. The normalized spacial score (nSPS) is 13.2. The van der Waals surface area contributed by atoms with Crippen molar-refractivity contribution in [3.63, 3.8) is 0 Å². The van der Waals surface area contributed by atoms with Gasteiger partial charge in [0.15, 0.2) is 0 Å². The minimum atomic E-state index is -0.880. The molecule has 1 amide bonds. The first-order valence-electron chi connectivity index (χ1n) is 7.86. The number of halogens is 1. The smallest absolute Gasteiger partial charge is 0.240 e. The number of aromatic nitrogens is 1. The summed E-state index contributed by atoms with van der Waals surface area (Å²) in [5.41, 5.74) is 5.96. The lowest BCUT2D eigenvalue weighted by atomic mass is 9.96. The number of benzene rings is 1. The number of carbonyl (C=O) groups is 1. The van der Waals surface area contributed by atoms with Gasteiger partial charge in [-0.05, 0) is 49.2 Å². The lowest BCUT2D eigenvalue weighted by Crippen LogP contribution is -2.51. The van der Waals surface area contributed by atoms with Crippen molar-refractivity contribution in [2.75, 3.05) is 0 Å². The molecule has 0 aliphatic carbocycles. The number of carbonyl (C=O) groups excluding carboxylic acids is 1. The van der Waals surface area contributed by atoms with Crippen molar-refractivity contribution in [3.05, 3.63) is 54.0 Å². The van der Waals surface area contributed by atoms with Gasteiger partial charge in [-0.2, -0.15) is 0 Å². The van der Waals surface area contributed by atoms with Crippen LogP contribution in [0, 0.1) is 5.82 Å². The molecular formula is C18H22FN3O2. The van der Waals surface area contributed by atoms with Gasteiger partial charge in [0.1, 0.15) is 11.6 Å². The highest BCUT2D eigenvalue weighted by Gasteiger charge is 2.26. The van der Waals surface area contributed by atoms with E-state index in [9.17, 15) is 9.18 Å². The van der Waals surface area contributed by atoms with Gasteiger partial charge in [0, 0.05) is 18.8 Å². The number of nitrogens with two attached hydrogens (primary N) is 1. The highest BCUT2D eigenvalue weighted by atomic mass is 19.1. The van der Waals surface area contributed by atoms with E-state index in [1.54, 1.807) is 25.3 Å². The molecule has 0 fully saturated rings. The summed E-state index contributed by atoms with van der Waals surface area (Å²) in [6.07, 6.45) is 3.05. The molecule has 0 aliphatic heterocycles. The van der Waals surface area contributed by atoms with Gasteiger partial charge in [-0.3, -0.25) is 4.79 Å². The average Bonchev–Trinajstić information content (AvgIpc) is 2.55. The van der Waals surface area contributed by atoms with Gasteiger partial charge in [-0.15, -0.1) is 0 Å². The number of ether oxygens (including phenoxy) is 1. The molecular weight excluding hydrogens is 309 g/mol. The summed E-state index contributed by atoms with van der Waals surface area (Å²) >= 11 is 0. The molecule has 128 valence electrons. The van der Waals surface area contributed by atoms with Gasteiger partial charge >= 0.3 is 0 Å². The van der Waals surface area contributed by atoms with E-state index in [2.05, 4.69) is 10.3 Å². The van der Waals surface area contributed by atoms with Crippen LogP contribution in [0.5, 0.6) is 11.6 Å². The first-order valence-corrected chi connectivity index (χ1v) is 7.86. The fourth-order valence-corrected chi connectivity index (χ4v) is 2.26. The topological polar surface area (TPSA) is 77.2 Å². The van der Waals surface area contributed by atoms with E-state index in [0.717, 1.165) is 12.0 Å². The van der Waals surface area contributed by atoms with Crippen molar-refractivity contribution < 1.29 is 13.9 Å². The molecule has 0 spiro atoms. The molecule has 2 rings (SSSR count). The minimum absolute atomic E-state index is 0.192. The number of hydrogen-bond acceptors (Lipinski definition) is 4. The number of amides is 1. The summed E-state index contributed by atoms with van der Waals surface area (Å²) in [6.45, 7) is 4.04. The lowest BCUT2D eigenvalue weighted by Gasteiger charge is -2.22. The minimum Gasteiger partial charge on any atom is -0.439 e. The van der Waals surface area contributed by atoms with Crippen LogP contribution in [0.1, 0.15) is 32.3 Å². The second-order valence-corrected chi connectivity index (χ2v) is 5.91. The molecule has 3 N–H and O–H groups in total. The van der Waals surface area contributed by atoms with E-state index in [1.165, 1.54) is 24.3 Å². The fourth-order valence-electron chi connectivity index (χ4n) is 2.26. The average molecular weight is 331 g/mol. The molecule has 1 aromatic heterocycles. The van der Waals surface area contributed by atoms with E-state index in [-0.39, 0.29) is 11.7 Å². The molecule has 0 aliphatic rings. The maximum Gasteiger partial charge on any atom is 0.240 e. The molecule has 0 bridgehead atoms. The summed E-state index contributed by atoms with van der Waals surface area (Å²) in [7, 11) is 0. The molecule has 1 heterocycles. The van der Waals surface area contributed by atoms with Gasteiger partial charge < -0.3 is 15.8 Å².